The van der Waals surface area contributed by atoms with E-state index in [1.54, 1.807) is 0 Å². The third-order valence-corrected chi connectivity index (χ3v) is 4.22. The van der Waals surface area contributed by atoms with Gasteiger partial charge in [-0.25, -0.2) is 0 Å². The van der Waals surface area contributed by atoms with Crippen molar-refractivity contribution >= 4 is 11.6 Å². The lowest BCUT2D eigenvalue weighted by Gasteiger charge is -2.36. The van der Waals surface area contributed by atoms with E-state index >= 15 is 0 Å². The van der Waals surface area contributed by atoms with E-state index in [0.29, 0.717) is 5.88 Å². The summed E-state index contributed by atoms with van der Waals surface area (Å²) in [6.45, 7) is 4.59. The first kappa shape index (κ1) is 12.8. The van der Waals surface area contributed by atoms with E-state index in [1.807, 2.05) is 0 Å². The molecule has 2 heteroatoms. The molecule has 0 heterocycles. The molecule has 0 aromatic heterocycles. The molecule has 0 aromatic carbocycles. The van der Waals surface area contributed by atoms with Crippen LogP contribution in [0.3, 0.4) is 0 Å². The van der Waals surface area contributed by atoms with Crippen molar-refractivity contribution in [1.82, 2.24) is 0 Å². The summed E-state index contributed by atoms with van der Waals surface area (Å²) in [6, 6.07) is 2.55. The minimum atomic E-state index is -0.0414. The number of rotatable bonds is 4. The number of nitriles is 1. The van der Waals surface area contributed by atoms with Crippen molar-refractivity contribution in [3.8, 4) is 6.07 Å². The van der Waals surface area contributed by atoms with Gasteiger partial charge in [0, 0.05) is 5.88 Å². The predicted octanol–water partition coefficient (Wildman–Crippen LogP) is 4.36. The Hall–Kier alpha value is -0.220. The summed E-state index contributed by atoms with van der Waals surface area (Å²) in [6.07, 6.45) is 6.62. The van der Waals surface area contributed by atoms with E-state index < -0.39 is 0 Å². The summed E-state index contributed by atoms with van der Waals surface area (Å²) < 4.78 is 0. The summed E-state index contributed by atoms with van der Waals surface area (Å²) >= 11 is 5.71. The minimum Gasteiger partial charge on any atom is -0.198 e. The van der Waals surface area contributed by atoms with E-state index in [2.05, 4.69) is 19.9 Å². The molecule has 0 unspecified atom stereocenters. The van der Waals surface area contributed by atoms with Crippen LogP contribution in [0.25, 0.3) is 0 Å². The number of hydrogen-bond donors (Lipinski definition) is 0. The summed E-state index contributed by atoms with van der Waals surface area (Å²) in [5.41, 5.74) is -0.0414. The molecule has 1 rings (SSSR count). The van der Waals surface area contributed by atoms with Gasteiger partial charge in [-0.05, 0) is 50.4 Å². The van der Waals surface area contributed by atoms with Crippen LogP contribution in [0.15, 0.2) is 0 Å². The third kappa shape index (κ3) is 3.38. The highest BCUT2D eigenvalue weighted by atomic mass is 35.5. The van der Waals surface area contributed by atoms with Crippen LogP contribution in [0.1, 0.15) is 52.4 Å². The van der Waals surface area contributed by atoms with Crippen LogP contribution in [0.5, 0.6) is 0 Å². The van der Waals surface area contributed by atoms with Crippen LogP contribution in [0.2, 0.25) is 0 Å². The monoisotopic (exact) mass is 227 g/mol. The molecule has 1 aliphatic carbocycles. The average Bonchev–Trinajstić information content (AvgIpc) is 2.27. The lowest BCUT2D eigenvalue weighted by atomic mass is 9.67. The second kappa shape index (κ2) is 5.75. The van der Waals surface area contributed by atoms with Crippen LogP contribution in [0, 0.1) is 28.6 Å². The van der Waals surface area contributed by atoms with Crippen molar-refractivity contribution in [3.63, 3.8) is 0 Å². The lowest BCUT2D eigenvalue weighted by molar-refractivity contribution is 0.165. The van der Waals surface area contributed by atoms with Gasteiger partial charge in [0.25, 0.3) is 0 Å². The van der Waals surface area contributed by atoms with Gasteiger partial charge < -0.3 is 0 Å². The molecule has 0 saturated heterocycles. The van der Waals surface area contributed by atoms with E-state index in [4.69, 9.17) is 11.6 Å². The van der Waals surface area contributed by atoms with Crippen LogP contribution < -0.4 is 0 Å². The van der Waals surface area contributed by atoms with Gasteiger partial charge in [0.1, 0.15) is 0 Å². The highest BCUT2D eigenvalue weighted by molar-refractivity contribution is 6.17. The van der Waals surface area contributed by atoms with Crippen LogP contribution >= 0.6 is 11.6 Å². The molecule has 0 bridgehead atoms. The predicted molar refractivity (Wildman–Crippen MR) is 64.8 cm³/mol. The van der Waals surface area contributed by atoms with E-state index in [9.17, 15) is 5.26 Å². The van der Waals surface area contributed by atoms with Gasteiger partial charge in [0.2, 0.25) is 0 Å². The summed E-state index contributed by atoms with van der Waals surface area (Å²) in [4.78, 5) is 0. The van der Waals surface area contributed by atoms with Gasteiger partial charge in [-0.1, -0.05) is 13.8 Å². The van der Waals surface area contributed by atoms with Gasteiger partial charge in [0.15, 0.2) is 0 Å². The van der Waals surface area contributed by atoms with Crippen LogP contribution in [-0.4, -0.2) is 5.88 Å². The Morgan fingerprint density at radius 2 is 2.00 bits per heavy atom. The summed E-state index contributed by atoms with van der Waals surface area (Å²) in [7, 11) is 0. The zero-order valence-corrected chi connectivity index (χ0v) is 10.7. The Kier molecular flexibility index (Phi) is 4.93. The van der Waals surface area contributed by atoms with E-state index in [0.717, 1.165) is 37.5 Å². The Labute approximate surface area is 98.8 Å². The zero-order valence-electron chi connectivity index (χ0n) is 9.93. The van der Waals surface area contributed by atoms with Crippen LogP contribution in [-0.2, 0) is 0 Å². The van der Waals surface area contributed by atoms with Gasteiger partial charge in [-0.15, -0.1) is 11.6 Å². The molecule has 0 spiro atoms. The van der Waals surface area contributed by atoms with Gasteiger partial charge in [-0.2, -0.15) is 5.26 Å². The molecule has 1 nitrogen and oxygen atoms in total. The quantitative estimate of drug-likeness (QED) is 0.655. The minimum absolute atomic E-state index is 0.0414. The SMILES string of the molecule is CC(C)C1CCC(C#N)(CCCCl)CC1. The second-order valence-electron chi connectivity index (χ2n) is 5.27. The maximum atomic E-state index is 9.30. The van der Waals surface area contributed by atoms with Crippen molar-refractivity contribution in [3.05, 3.63) is 0 Å². The summed E-state index contributed by atoms with van der Waals surface area (Å²) in [5.74, 6) is 2.30. The molecular formula is C13H22ClN. The number of halogens is 1. The highest BCUT2D eigenvalue weighted by Crippen LogP contribution is 2.43. The highest BCUT2D eigenvalue weighted by Gasteiger charge is 2.35. The van der Waals surface area contributed by atoms with Gasteiger partial charge in [-0.3, -0.25) is 0 Å². The largest absolute Gasteiger partial charge is 0.198 e. The molecule has 0 atom stereocenters. The average molecular weight is 228 g/mol. The standard InChI is InChI=1S/C13H22ClN/c1-11(2)12-4-7-13(10-15,8-5-12)6-3-9-14/h11-12H,3-9H2,1-2H3. The molecule has 1 saturated carbocycles. The second-order valence-corrected chi connectivity index (χ2v) is 5.64. The molecule has 86 valence electrons. The molecule has 0 amide bonds. The molecular weight excluding hydrogens is 206 g/mol. The molecule has 1 fully saturated rings. The van der Waals surface area contributed by atoms with Crippen molar-refractivity contribution in [1.29, 1.82) is 5.26 Å². The smallest absolute Gasteiger partial charge is 0.0689 e. The Bertz CT molecular complexity index is 221. The Morgan fingerprint density at radius 1 is 1.40 bits per heavy atom. The fraction of sp³-hybridized carbons (Fsp3) is 0.923. The van der Waals surface area contributed by atoms with Crippen molar-refractivity contribution in [2.45, 2.75) is 52.4 Å². The van der Waals surface area contributed by atoms with Crippen molar-refractivity contribution < 1.29 is 0 Å². The fourth-order valence-corrected chi connectivity index (χ4v) is 2.82. The first-order chi connectivity index (χ1) is 7.13. The fourth-order valence-electron chi connectivity index (χ4n) is 2.68. The van der Waals surface area contributed by atoms with Crippen molar-refractivity contribution in [2.24, 2.45) is 17.3 Å². The third-order valence-electron chi connectivity index (χ3n) is 3.96. The first-order valence-electron chi connectivity index (χ1n) is 6.11. The first-order valence-corrected chi connectivity index (χ1v) is 6.64. The number of alkyl halides is 1. The molecule has 0 aromatic rings. The molecule has 1 aliphatic rings. The van der Waals surface area contributed by atoms with Gasteiger partial charge in [0.05, 0.1) is 11.5 Å². The number of nitrogens with zero attached hydrogens (tertiary/aromatic N) is 1. The molecule has 0 N–H and O–H groups in total. The van der Waals surface area contributed by atoms with Crippen LogP contribution in [0.4, 0.5) is 0 Å². The van der Waals surface area contributed by atoms with E-state index in [1.165, 1.54) is 12.8 Å². The molecule has 0 radical (unpaired) electrons. The maximum absolute atomic E-state index is 9.30. The molecule has 15 heavy (non-hydrogen) atoms. The topological polar surface area (TPSA) is 23.8 Å². The normalized spacial score (nSPS) is 31.5. The maximum Gasteiger partial charge on any atom is 0.0689 e. The number of hydrogen-bond acceptors (Lipinski definition) is 1. The van der Waals surface area contributed by atoms with Gasteiger partial charge >= 0.3 is 0 Å². The summed E-state index contributed by atoms with van der Waals surface area (Å²) in [5, 5.41) is 9.30. The lowest BCUT2D eigenvalue weighted by Crippen LogP contribution is -2.28. The zero-order chi connectivity index (χ0) is 11.3. The Balaban J connectivity index is 2.48. The van der Waals surface area contributed by atoms with E-state index in [-0.39, 0.29) is 5.41 Å². The van der Waals surface area contributed by atoms with Crippen molar-refractivity contribution in [2.75, 3.05) is 5.88 Å². The molecule has 0 aliphatic heterocycles. The Morgan fingerprint density at radius 3 is 2.40 bits per heavy atom.